The molecule has 3 heteroatoms. The molecule has 0 aromatic heterocycles. The van der Waals surface area contributed by atoms with Crippen molar-refractivity contribution in [2.75, 3.05) is 13.7 Å². The number of ether oxygens (including phenoxy) is 2. The second-order valence-corrected chi connectivity index (χ2v) is 5.64. The summed E-state index contributed by atoms with van der Waals surface area (Å²) in [4.78, 5) is 11.1. The van der Waals surface area contributed by atoms with Gasteiger partial charge in [-0.25, -0.2) is 0 Å². The van der Waals surface area contributed by atoms with Crippen LogP contribution >= 0.6 is 0 Å². The Morgan fingerprint density at radius 2 is 1.20 bits per heavy atom. The van der Waals surface area contributed by atoms with Gasteiger partial charge in [-0.3, -0.25) is 4.79 Å². The molecule has 0 bridgehead atoms. The predicted octanol–water partition coefficient (Wildman–Crippen LogP) is 4.96. The molecule has 0 atom stereocenters. The van der Waals surface area contributed by atoms with Crippen LogP contribution in [0.1, 0.15) is 6.42 Å². The first-order chi connectivity index (χ1) is 12.3. The van der Waals surface area contributed by atoms with Crippen LogP contribution in [0.4, 0.5) is 0 Å². The van der Waals surface area contributed by atoms with E-state index in [0.29, 0.717) is 6.61 Å². The van der Waals surface area contributed by atoms with Gasteiger partial charge in [-0.1, -0.05) is 66.7 Å². The average Bonchev–Trinajstić information content (AvgIpc) is 2.69. The highest BCUT2D eigenvalue weighted by Crippen LogP contribution is 2.26. The highest BCUT2D eigenvalue weighted by molar-refractivity contribution is 5.71. The van der Waals surface area contributed by atoms with Crippen LogP contribution in [-0.2, 0) is 9.53 Å². The van der Waals surface area contributed by atoms with Crippen molar-refractivity contribution in [3.05, 3.63) is 78.9 Å². The van der Waals surface area contributed by atoms with Gasteiger partial charge in [-0.15, -0.1) is 0 Å². The van der Waals surface area contributed by atoms with Crippen molar-refractivity contribution in [3.63, 3.8) is 0 Å². The summed E-state index contributed by atoms with van der Waals surface area (Å²) in [6.45, 7) is 0.317. The first kappa shape index (κ1) is 16.8. The van der Waals surface area contributed by atoms with Crippen LogP contribution in [0.15, 0.2) is 78.9 Å². The highest BCUT2D eigenvalue weighted by atomic mass is 16.5. The SMILES string of the molecule is COC(=O)CCOc1ccc(-c2ccc(-c3ccccc3)cc2)cc1. The monoisotopic (exact) mass is 332 g/mol. The Labute approximate surface area is 147 Å². The Bertz CT molecular complexity index is 806. The lowest BCUT2D eigenvalue weighted by molar-refractivity contribution is -0.141. The third-order valence-corrected chi connectivity index (χ3v) is 3.98. The van der Waals surface area contributed by atoms with Gasteiger partial charge in [0.15, 0.2) is 0 Å². The number of hydrogen-bond donors (Lipinski definition) is 0. The molecular weight excluding hydrogens is 312 g/mol. The number of hydrogen-bond acceptors (Lipinski definition) is 3. The molecule has 3 rings (SSSR count). The van der Waals surface area contributed by atoms with E-state index in [2.05, 4.69) is 41.1 Å². The molecule has 0 N–H and O–H groups in total. The lowest BCUT2D eigenvalue weighted by Crippen LogP contribution is -2.07. The summed E-state index contributed by atoms with van der Waals surface area (Å²) in [6.07, 6.45) is 0.249. The van der Waals surface area contributed by atoms with Crippen LogP contribution in [0.5, 0.6) is 5.75 Å². The predicted molar refractivity (Wildman–Crippen MR) is 99.4 cm³/mol. The number of methoxy groups -OCH3 is 1. The van der Waals surface area contributed by atoms with Crippen molar-refractivity contribution in [3.8, 4) is 28.0 Å². The van der Waals surface area contributed by atoms with Crippen molar-refractivity contribution in [1.82, 2.24) is 0 Å². The fourth-order valence-electron chi connectivity index (χ4n) is 2.58. The van der Waals surface area contributed by atoms with Gasteiger partial charge in [0.1, 0.15) is 5.75 Å². The second-order valence-electron chi connectivity index (χ2n) is 5.64. The highest BCUT2D eigenvalue weighted by Gasteiger charge is 2.03. The number of rotatable bonds is 6. The summed E-state index contributed by atoms with van der Waals surface area (Å²) in [7, 11) is 1.38. The molecule has 3 nitrogen and oxygen atoms in total. The van der Waals surface area contributed by atoms with Crippen molar-refractivity contribution in [2.24, 2.45) is 0 Å². The fraction of sp³-hybridized carbons (Fsp3) is 0.136. The van der Waals surface area contributed by atoms with Crippen LogP contribution in [0.25, 0.3) is 22.3 Å². The molecule has 0 unspecified atom stereocenters. The molecule has 0 aliphatic heterocycles. The summed E-state index contributed by atoms with van der Waals surface area (Å²) >= 11 is 0. The first-order valence-corrected chi connectivity index (χ1v) is 8.22. The topological polar surface area (TPSA) is 35.5 Å². The minimum absolute atomic E-state index is 0.249. The Morgan fingerprint density at radius 3 is 1.72 bits per heavy atom. The van der Waals surface area contributed by atoms with E-state index in [1.807, 2.05) is 42.5 Å². The molecule has 0 aliphatic rings. The maximum absolute atomic E-state index is 11.1. The largest absolute Gasteiger partial charge is 0.493 e. The van der Waals surface area contributed by atoms with Crippen LogP contribution in [-0.4, -0.2) is 19.7 Å². The van der Waals surface area contributed by atoms with E-state index in [1.54, 1.807) is 0 Å². The van der Waals surface area contributed by atoms with Gasteiger partial charge in [0.2, 0.25) is 0 Å². The molecule has 0 aliphatic carbocycles. The van der Waals surface area contributed by atoms with E-state index < -0.39 is 0 Å². The minimum atomic E-state index is -0.268. The van der Waals surface area contributed by atoms with E-state index in [-0.39, 0.29) is 12.4 Å². The minimum Gasteiger partial charge on any atom is -0.493 e. The third-order valence-electron chi connectivity index (χ3n) is 3.98. The van der Waals surface area contributed by atoms with E-state index in [1.165, 1.54) is 18.2 Å². The molecule has 3 aromatic carbocycles. The van der Waals surface area contributed by atoms with Crippen molar-refractivity contribution in [1.29, 1.82) is 0 Å². The second kappa shape index (κ2) is 8.15. The van der Waals surface area contributed by atoms with Gasteiger partial charge < -0.3 is 9.47 Å². The first-order valence-electron chi connectivity index (χ1n) is 8.22. The van der Waals surface area contributed by atoms with Crippen molar-refractivity contribution >= 4 is 5.97 Å². The van der Waals surface area contributed by atoms with Gasteiger partial charge >= 0.3 is 5.97 Å². The molecule has 126 valence electrons. The Morgan fingerprint density at radius 1 is 0.720 bits per heavy atom. The molecule has 0 radical (unpaired) electrons. The summed E-state index contributed by atoms with van der Waals surface area (Å²) in [5.41, 5.74) is 4.69. The van der Waals surface area contributed by atoms with Gasteiger partial charge in [0, 0.05) is 0 Å². The van der Waals surface area contributed by atoms with Gasteiger partial charge in [-0.2, -0.15) is 0 Å². The maximum atomic E-state index is 11.1. The molecule has 3 aromatic rings. The number of carbonyl (C=O) groups is 1. The Balaban J connectivity index is 1.65. The third kappa shape index (κ3) is 4.48. The summed E-state index contributed by atoms with van der Waals surface area (Å²) in [6, 6.07) is 26.7. The lowest BCUT2D eigenvalue weighted by atomic mass is 10.0. The van der Waals surface area contributed by atoms with Crippen molar-refractivity contribution < 1.29 is 14.3 Å². The van der Waals surface area contributed by atoms with E-state index in [9.17, 15) is 4.79 Å². The number of carbonyl (C=O) groups excluding carboxylic acids is 1. The lowest BCUT2D eigenvalue weighted by Gasteiger charge is -2.08. The molecule has 0 saturated carbocycles. The fourth-order valence-corrected chi connectivity index (χ4v) is 2.58. The quantitative estimate of drug-likeness (QED) is 0.598. The molecule has 25 heavy (non-hydrogen) atoms. The van der Waals surface area contributed by atoms with Gasteiger partial charge in [-0.05, 0) is 34.4 Å². The Kier molecular flexibility index (Phi) is 5.47. The van der Waals surface area contributed by atoms with Crippen molar-refractivity contribution in [2.45, 2.75) is 6.42 Å². The molecule has 0 heterocycles. The molecule has 0 amide bonds. The Hall–Kier alpha value is -3.07. The van der Waals surface area contributed by atoms with Crippen LogP contribution in [0.3, 0.4) is 0 Å². The summed E-state index contributed by atoms with van der Waals surface area (Å²) < 4.78 is 10.1. The summed E-state index contributed by atoms with van der Waals surface area (Å²) in [5.74, 6) is 0.476. The van der Waals surface area contributed by atoms with E-state index in [4.69, 9.17) is 4.74 Å². The standard InChI is InChI=1S/C22H20O3/c1-24-22(23)15-16-25-21-13-11-20(12-14-21)19-9-7-18(8-10-19)17-5-3-2-4-6-17/h2-14H,15-16H2,1H3. The zero-order valence-corrected chi connectivity index (χ0v) is 14.1. The molecule has 0 spiro atoms. The van der Waals surface area contributed by atoms with E-state index >= 15 is 0 Å². The number of benzene rings is 3. The van der Waals surface area contributed by atoms with Crippen LogP contribution in [0.2, 0.25) is 0 Å². The maximum Gasteiger partial charge on any atom is 0.308 e. The van der Waals surface area contributed by atoms with Crippen LogP contribution < -0.4 is 4.74 Å². The molecule has 0 saturated heterocycles. The van der Waals surface area contributed by atoms with Gasteiger partial charge in [0.05, 0.1) is 20.1 Å². The molecule has 0 fully saturated rings. The average molecular weight is 332 g/mol. The smallest absolute Gasteiger partial charge is 0.308 e. The normalized spacial score (nSPS) is 10.3. The number of esters is 1. The molecular formula is C22H20O3. The van der Waals surface area contributed by atoms with Crippen LogP contribution in [0, 0.1) is 0 Å². The summed E-state index contributed by atoms with van der Waals surface area (Å²) in [5, 5.41) is 0. The van der Waals surface area contributed by atoms with Gasteiger partial charge in [0.25, 0.3) is 0 Å². The zero-order chi connectivity index (χ0) is 17.5. The van der Waals surface area contributed by atoms with E-state index in [0.717, 1.165) is 16.9 Å². The zero-order valence-electron chi connectivity index (χ0n) is 14.1.